The van der Waals surface area contributed by atoms with Crippen molar-refractivity contribution < 1.29 is 4.79 Å². The molecule has 5 heteroatoms. The van der Waals surface area contributed by atoms with Crippen molar-refractivity contribution in [3.63, 3.8) is 0 Å². The summed E-state index contributed by atoms with van der Waals surface area (Å²) in [5.74, 6) is 2.92. The van der Waals surface area contributed by atoms with E-state index in [2.05, 4.69) is 28.4 Å². The molecule has 29 heavy (non-hydrogen) atoms. The first-order valence-electron chi connectivity index (χ1n) is 11.1. The number of fused-ring (bicyclic) bond motifs is 1. The van der Waals surface area contributed by atoms with E-state index in [9.17, 15) is 4.79 Å². The molecule has 0 radical (unpaired) electrons. The lowest BCUT2D eigenvalue weighted by Crippen LogP contribution is -2.45. The van der Waals surface area contributed by atoms with Gasteiger partial charge in [0.15, 0.2) is 0 Å². The van der Waals surface area contributed by atoms with Crippen molar-refractivity contribution in [3.8, 4) is 0 Å². The van der Waals surface area contributed by atoms with Gasteiger partial charge in [0, 0.05) is 18.5 Å². The van der Waals surface area contributed by atoms with Crippen LogP contribution in [-0.2, 0) is 4.79 Å². The molecule has 150 valence electrons. The zero-order chi connectivity index (χ0) is 19.6. The van der Waals surface area contributed by atoms with Crippen molar-refractivity contribution in [2.75, 3.05) is 18.0 Å². The first-order valence-corrected chi connectivity index (χ1v) is 11.1. The Hall–Kier alpha value is -2.43. The molecule has 0 unspecified atom stereocenters. The Labute approximate surface area is 171 Å². The Balaban J connectivity index is 1.17. The quantitative estimate of drug-likeness (QED) is 0.813. The second-order valence-corrected chi connectivity index (χ2v) is 9.47. The second-order valence-electron chi connectivity index (χ2n) is 9.47. The summed E-state index contributed by atoms with van der Waals surface area (Å²) in [6.45, 7) is 3.68. The van der Waals surface area contributed by atoms with Gasteiger partial charge >= 0.3 is 0 Å². The number of aryl methyl sites for hydroxylation is 1. The lowest BCUT2D eigenvalue weighted by atomic mass is 9.89. The van der Waals surface area contributed by atoms with E-state index in [4.69, 9.17) is 9.97 Å². The number of benzene rings is 1. The first-order chi connectivity index (χ1) is 14.2. The average molecular weight is 389 g/mol. The van der Waals surface area contributed by atoms with Crippen molar-refractivity contribution >= 4 is 22.8 Å². The Morgan fingerprint density at radius 2 is 2.10 bits per heavy atom. The number of nitrogens with zero attached hydrogens (tertiary/aromatic N) is 3. The van der Waals surface area contributed by atoms with E-state index >= 15 is 0 Å². The molecule has 2 aromatic rings. The summed E-state index contributed by atoms with van der Waals surface area (Å²) in [4.78, 5) is 24.7. The van der Waals surface area contributed by atoms with Gasteiger partial charge in [0.05, 0.1) is 11.2 Å². The molecule has 1 aromatic heterocycles. The summed E-state index contributed by atoms with van der Waals surface area (Å²) in [7, 11) is 0. The van der Waals surface area contributed by atoms with Crippen LogP contribution in [0.1, 0.15) is 37.8 Å². The molecule has 2 bridgehead atoms. The van der Waals surface area contributed by atoms with Crippen LogP contribution in [0.5, 0.6) is 0 Å². The van der Waals surface area contributed by atoms with Gasteiger partial charge in [-0.2, -0.15) is 0 Å². The highest BCUT2D eigenvalue weighted by Gasteiger charge is 2.62. The number of aromatic nitrogens is 2. The van der Waals surface area contributed by atoms with Crippen molar-refractivity contribution in [2.24, 2.45) is 23.2 Å². The predicted molar refractivity (Wildman–Crippen MR) is 114 cm³/mol. The summed E-state index contributed by atoms with van der Waals surface area (Å²) in [5.41, 5.74) is 2.51. The second kappa shape index (κ2) is 6.28. The monoisotopic (exact) mass is 388 g/mol. The van der Waals surface area contributed by atoms with E-state index in [1.54, 1.807) is 0 Å². The number of amides is 1. The molecule has 1 amide bonds. The van der Waals surface area contributed by atoms with Gasteiger partial charge in [-0.05, 0) is 68.3 Å². The SMILES string of the molecule is Cc1nc(N2CCC[C@@H]2C(=O)NC[C@H]2C[C@H]3C=C[C@H]2C32CC2)nc2ccccc12. The van der Waals surface area contributed by atoms with Gasteiger partial charge in [0.1, 0.15) is 6.04 Å². The van der Waals surface area contributed by atoms with Gasteiger partial charge in [-0.25, -0.2) is 9.97 Å². The van der Waals surface area contributed by atoms with Crippen LogP contribution in [-0.4, -0.2) is 35.0 Å². The minimum atomic E-state index is -0.153. The minimum Gasteiger partial charge on any atom is -0.354 e. The summed E-state index contributed by atoms with van der Waals surface area (Å²) in [5, 5.41) is 4.38. The molecule has 1 saturated heterocycles. The number of carbonyl (C=O) groups is 1. The molecule has 2 saturated carbocycles. The Morgan fingerprint density at radius 1 is 1.24 bits per heavy atom. The van der Waals surface area contributed by atoms with E-state index in [1.165, 1.54) is 19.3 Å². The van der Waals surface area contributed by atoms with Crippen LogP contribution in [0.25, 0.3) is 10.9 Å². The highest BCUT2D eigenvalue weighted by atomic mass is 16.2. The smallest absolute Gasteiger partial charge is 0.242 e. The third kappa shape index (κ3) is 2.62. The number of rotatable bonds is 4. The molecule has 4 atom stereocenters. The molecule has 1 aliphatic heterocycles. The van der Waals surface area contributed by atoms with E-state index < -0.39 is 0 Å². The topological polar surface area (TPSA) is 58.1 Å². The number of anilines is 1. The normalized spacial score (nSPS) is 31.1. The van der Waals surface area contributed by atoms with Crippen LogP contribution in [0.4, 0.5) is 5.95 Å². The molecule has 4 aliphatic rings. The molecule has 2 heterocycles. The van der Waals surface area contributed by atoms with Gasteiger partial charge in [-0.3, -0.25) is 4.79 Å². The fourth-order valence-corrected chi connectivity index (χ4v) is 6.33. The maximum absolute atomic E-state index is 13.1. The molecule has 3 aliphatic carbocycles. The summed E-state index contributed by atoms with van der Waals surface area (Å²) in [6, 6.07) is 7.94. The van der Waals surface area contributed by atoms with Crippen LogP contribution in [0.3, 0.4) is 0 Å². The van der Waals surface area contributed by atoms with Crippen LogP contribution >= 0.6 is 0 Å². The summed E-state index contributed by atoms with van der Waals surface area (Å²) in [6.07, 6.45) is 10.8. The average Bonchev–Trinajstić information content (AvgIpc) is 3.13. The number of hydrogen-bond acceptors (Lipinski definition) is 4. The number of para-hydroxylation sites is 1. The lowest BCUT2D eigenvalue weighted by Gasteiger charge is -2.26. The maximum atomic E-state index is 13.1. The first kappa shape index (κ1) is 17.4. The molecule has 1 N–H and O–H groups in total. The van der Waals surface area contributed by atoms with Crippen LogP contribution < -0.4 is 10.2 Å². The molecule has 5 nitrogen and oxygen atoms in total. The zero-order valence-electron chi connectivity index (χ0n) is 17.0. The van der Waals surface area contributed by atoms with Crippen molar-refractivity contribution in [1.82, 2.24) is 15.3 Å². The molecule has 6 rings (SSSR count). The molecule has 1 aromatic carbocycles. The van der Waals surface area contributed by atoms with Gasteiger partial charge in [0.25, 0.3) is 0 Å². The summed E-state index contributed by atoms with van der Waals surface area (Å²) < 4.78 is 0. The number of allylic oxidation sites excluding steroid dienone is 2. The predicted octanol–water partition coefficient (Wildman–Crippen LogP) is 3.63. The van der Waals surface area contributed by atoms with Gasteiger partial charge in [-0.15, -0.1) is 0 Å². The third-order valence-electron chi connectivity index (χ3n) is 7.98. The third-order valence-corrected chi connectivity index (χ3v) is 7.98. The Kier molecular flexibility index (Phi) is 3.78. The molecular formula is C24H28N4O. The fourth-order valence-electron chi connectivity index (χ4n) is 6.33. The van der Waals surface area contributed by atoms with E-state index in [0.717, 1.165) is 48.4 Å². The van der Waals surface area contributed by atoms with Gasteiger partial charge in [0.2, 0.25) is 11.9 Å². The van der Waals surface area contributed by atoms with Gasteiger partial charge < -0.3 is 10.2 Å². The molecule has 1 spiro atoms. The Bertz CT molecular complexity index is 1010. The van der Waals surface area contributed by atoms with Crippen molar-refractivity contribution in [3.05, 3.63) is 42.1 Å². The minimum absolute atomic E-state index is 0.147. The van der Waals surface area contributed by atoms with Crippen LogP contribution in [0.2, 0.25) is 0 Å². The Morgan fingerprint density at radius 3 is 2.93 bits per heavy atom. The number of carbonyl (C=O) groups excluding carboxylic acids is 1. The summed E-state index contributed by atoms with van der Waals surface area (Å²) >= 11 is 0. The zero-order valence-corrected chi connectivity index (χ0v) is 17.0. The van der Waals surface area contributed by atoms with Crippen molar-refractivity contribution in [1.29, 1.82) is 0 Å². The fraction of sp³-hybridized carbons (Fsp3) is 0.542. The van der Waals surface area contributed by atoms with Crippen molar-refractivity contribution in [2.45, 2.75) is 45.1 Å². The number of hydrogen-bond donors (Lipinski definition) is 1. The molecular weight excluding hydrogens is 360 g/mol. The van der Waals surface area contributed by atoms with E-state index in [0.29, 0.717) is 23.2 Å². The van der Waals surface area contributed by atoms with Crippen LogP contribution in [0, 0.1) is 30.1 Å². The van der Waals surface area contributed by atoms with E-state index in [1.807, 2.05) is 25.1 Å². The highest BCUT2D eigenvalue weighted by Crippen LogP contribution is 2.69. The maximum Gasteiger partial charge on any atom is 0.242 e. The van der Waals surface area contributed by atoms with Gasteiger partial charge in [-0.1, -0.05) is 30.4 Å². The highest BCUT2D eigenvalue weighted by molar-refractivity contribution is 5.86. The lowest BCUT2D eigenvalue weighted by molar-refractivity contribution is -0.122. The largest absolute Gasteiger partial charge is 0.354 e. The van der Waals surface area contributed by atoms with E-state index in [-0.39, 0.29) is 11.9 Å². The molecule has 3 fully saturated rings. The van der Waals surface area contributed by atoms with Crippen LogP contribution in [0.15, 0.2) is 36.4 Å². The standard InChI is InChI=1S/C24H28N4O/c1-15-18-5-2-3-6-20(18)27-23(26-15)28-12-4-7-21(28)22(29)25-14-16-13-17-8-9-19(16)24(17)10-11-24/h2-3,5-6,8-9,16-17,19,21H,4,7,10-14H2,1H3,(H,25,29)/t16-,17-,19-,21-/m1/s1. The number of nitrogens with one attached hydrogen (secondary N) is 1.